The Balaban J connectivity index is 1.35. The molecule has 2 aromatic rings. The SMILES string of the molecule is O=C(NCc1cccs1)NC1CC(=O)N(c2ccc3c(c2)OCCO3)C1. The maximum Gasteiger partial charge on any atom is 0.315 e. The number of anilines is 1. The topological polar surface area (TPSA) is 79.9 Å². The summed E-state index contributed by atoms with van der Waals surface area (Å²) in [6.07, 6.45) is 0.279. The summed E-state index contributed by atoms with van der Waals surface area (Å²) < 4.78 is 11.1. The van der Waals surface area contributed by atoms with Crippen LogP contribution in [0, 0.1) is 0 Å². The molecule has 4 rings (SSSR count). The number of ether oxygens (including phenoxy) is 2. The van der Waals surface area contributed by atoms with E-state index in [0.717, 1.165) is 10.6 Å². The van der Waals surface area contributed by atoms with E-state index in [-0.39, 0.29) is 24.4 Å². The predicted octanol–water partition coefficient (Wildman–Crippen LogP) is 2.12. The van der Waals surface area contributed by atoms with Gasteiger partial charge >= 0.3 is 6.03 Å². The quantitative estimate of drug-likeness (QED) is 0.860. The van der Waals surface area contributed by atoms with Crippen LogP contribution < -0.4 is 25.0 Å². The number of amides is 3. The highest BCUT2D eigenvalue weighted by molar-refractivity contribution is 7.09. The van der Waals surface area contributed by atoms with Crippen LogP contribution in [-0.4, -0.2) is 37.7 Å². The molecule has 1 saturated heterocycles. The van der Waals surface area contributed by atoms with Crippen molar-refractivity contribution in [1.82, 2.24) is 10.6 Å². The zero-order chi connectivity index (χ0) is 17.9. The summed E-state index contributed by atoms with van der Waals surface area (Å²) in [7, 11) is 0. The van der Waals surface area contributed by atoms with E-state index in [9.17, 15) is 9.59 Å². The van der Waals surface area contributed by atoms with E-state index in [1.165, 1.54) is 0 Å². The van der Waals surface area contributed by atoms with Crippen LogP contribution in [0.4, 0.5) is 10.5 Å². The molecular formula is C18H19N3O4S. The highest BCUT2D eigenvalue weighted by atomic mass is 32.1. The fraction of sp³-hybridized carbons (Fsp3) is 0.333. The van der Waals surface area contributed by atoms with Crippen molar-refractivity contribution in [1.29, 1.82) is 0 Å². The van der Waals surface area contributed by atoms with Crippen molar-refractivity contribution in [3.05, 3.63) is 40.6 Å². The lowest BCUT2D eigenvalue weighted by molar-refractivity contribution is -0.117. The first kappa shape index (κ1) is 16.7. The Morgan fingerprint density at radius 1 is 1.23 bits per heavy atom. The van der Waals surface area contributed by atoms with Crippen molar-refractivity contribution in [3.63, 3.8) is 0 Å². The van der Waals surface area contributed by atoms with Crippen molar-refractivity contribution in [2.75, 3.05) is 24.7 Å². The van der Waals surface area contributed by atoms with Gasteiger partial charge in [0.25, 0.3) is 0 Å². The summed E-state index contributed by atoms with van der Waals surface area (Å²) in [5, 5.41) is 7.65. The Hall–Kier alpha value is -2.74. The van der Waals surface area contributed by atoms with E-state index in [4.69, 9.17) is 9.47 Å². The Morgan fingerprint density at radius 2 is 2.08 bits per heavy atom. The van der Waals surface area contributed by atoms with Crippen LogP contribution >= 0.6 is 11.3 Å². The van der Waals surface area contributed by atoms with E-state index in [1.807, 2.05) is 35.7 Å². The van der Waals surface area contributed by atoms with E-state index in [2.05, 4.69) is 10.6 Å². The van der Waals surface area contributed by atoms with Gasteiger partial charge in [-0.25, -0.2) is 4.79 Å². The normalized spacial score (nSPS) is 18.7. The first-order valence-electron chi connectivity index (χ1n) is 8.46. The van der Waals surface area contributed by atoms with Crippen LogP contribution in [0.15, 0.2) is 35.7 Å². The van der Waals surface area contributed by atoms with Gasteiger partial charge in [-0.1, -0.05) is 6.07 Å². The predicted molar refractivity (Wildman–Crippen MR) is 97.9 cm³/mol. The molecule has 8 heteroatoms. The molecule has 1 aromatic carbocycles. The van der Waals surface area contributed by atoms with Crippen molar-refractivity contribution >= 4 is 29.0 Å². The Kier molecular flexibility index (Phi) is 4.66. The van der Waals surface area contributed by atoms with Gasteiger partial charge in [0.1, 0.15) is 13.2 Å². The molecule has 1 fully saturated rings. The first-order valence-corrected chi connectivity index (χ1v) is 9.34. The zero-order valence-corrected chi connectivity index (χ0v) is 14.9. The number of nitrogens with zero attached hydrogens (tertiary/aromatic N) is 1. The third kappa shape index (κ3) is 3.60. The van der Waals surface area contributed by atoms with Crippen molar-refractivity contribution in [3.8, 4) is 11.5 Å². The molecule has 1 aromatic heterocycles. The number of nitrogens with one attached hydrogen (secondary N) is 2. The second-order valence-electron chi connectivity index (χ2n) is 6.14. The van der Waals surface area contributed by atoms with Gasteiger partial charge in [-0.3, -0.25) is 4.79 Å². The average Bonchev–Trinajstić information content (AvgIpc) is 3.29. The van der Waals surface area contributed by atoms with Crippen LogP contribution in [-0.2, 0) is 11.3 Å². The van der Waals surface area contributed by atoms with Crippen LogP contribution in [0.3, 0.4) is 0 Å². The Labute approximate surface area is 154 Å². The summed E-state index contributed by atoms with van der Waals surface area (Å²) in [4.78, 5) is 27.2. The fourth-order valence-corrected chi connectivity index (χ4v) is 3.72. The molecule has 2 aliphatic rings. The van der Waals surface area contributed by atoms with Crippen LogP contribution in [0.5, 0.6) is 11.5 Å². The standard InChI is InChI=1S/C18H19N3O4S/c22-17-8-12(20-18(23)19-10-14-2-1-7-26-14)11-21(17)13-3-4-15-16(9-13)25-6-5-24-15/h1-4,7,9,12H,5-6,8,10-11H2,(H2,19,20,23). The van der Waals surface area contributed by atoms with Crippen LogP contribution in [0.2, 0.25) is 0 Å². The number of rotatable bonds is 4. The largest absolute Gasteiger partial charge is 0.486 e. The van der Waals surface area contributed by atoms with Crippen molar-refractivity contribution in [2.24, 2.45) is 0 Å². The van der Waals surface area contributed by atoms with Crippen LogP contribution in [0.25, 0.3) is 0 Å². The molecule has 0 spiro atoms. The van der Waals surface area contributed by atoms with E-state index in [0.29, 0.717) is 37.8 Å². The molecule has 3 heterocycles. The van der Waals surface area contributed by atoms with Gasteiger partial charge in [0.05, 0.1) is 12.6 Å². The lowest BCUT2D eigenvalue weighted by Gasteiger charge is -2.22. The minimum atomic E-state index is -0.264. The second-order valence-corrected chi connectivity index (χ2v) is 7.17. The maximum atomic E-state index is 12.4. The molecule has 136 valence electrons. The number of thiophene rings is 1. The maximum absolute atomic E-state index is 12.4. The minimum Gasteiger partial charge on any atom is -0.486 e. The summed E-state index contributed by atoms with van der Waals surface area (Å²) in [6.45, 7) is 1.95. The number of hydrogen-bond donors (Lipinski definition) is 2. The molecule has 3 amide bonds. The summed E-state index contributed by atoms with van der Waals surface area (Å²) in [5.74, 6) is 1.31. The monoisotopic (exact) mass is 373 g/mol. The van der Waals surface area contributed by atoms with Crippen molar-refractivity contribution in [2.45, 2.75) is 19.0 Å². The number of carbonyl (C=O) groups excluding carboxylic acids is 2. The molecule has 2 aliphatic heterocycles. The molecular weight excluding hydrogens is 354 g/mol. The summed E-state index contributed by atoms with van der Waals surface area (Å²) >= 11 is 1.59. The molecule has 0 bridgehead atoms. The molecule has 0 radical (unpaired) electrons. The fourth-order valence-electron chi connectivity index (χ4n) is 3.07. The lowest BCUT2D eigenvalue weighted by atomic mass is 10.2. The molecule has 0 saturated carbocycles. The number of fused-ring (bicyclic) bond motifs is 1. The van der Waals surface area contributed by atoms with Gasteiger partial charge in [0, 0.05) is 29.6 Å². The number of benzene rings is 1. The van der Waals surface area contributed by atoms with E-state index < -0.39 is 0 Å². The lowest BCUT2D eigenvalue weighted by Crippen LogP contribution is -2.43. The third-order valence-corrected chi connectivity index (χ3v) is 5.18. The molecule has 7 nitrogen and oxygen atoms in total. The summed E-state index contributed by atoms with van der Waals surface area (Å²) in [6, 6.07) is 8.88. The average molecular weight is 373 g/mol. The Morgan fingerprint density at radius 3 is 2.88 bits per heavy atom. The molecule has 0 aliphatic carbocycles. The van der Waals surface area contributed by atoms with Gasteiger partial charge in [-0.05, 0) is 23.6 Å². The molecule has 1 atom stereocenters. The Bertz CT molecular complexity index is 809. The zero-order valence-electron chi connectivity index (χ0n) is 14.1. The minimum absolute atomic E-state index is 0.0229. The smallest absolute Gasteiger partial charge is 0.315 e. The first-order chi connectivity index (χ1) is 12.7. The van der Waals surface area contributed by atoms with Gasteiger partial charge in [-0.15, -0.1) is 11.3 Å². The summed E-state index contributed by atoms with van der Waals surface area (Å²) in [5.41, 5.74) is 0.752. The molecule has 26 heavy (non-hydrogen) atoms. The number of carbonyl (C=O) groups is 2. The van der Waals surface area contributed by atoms with Crippen molar-refractivity contribution < 1.29 is 19.1 Å². The van der Waals surface area contributed by atoms with Gasteiger partial charge in [0.15, 0.2) is 11.5 Å². The number of urea groups is 1. The highest BCUT2D eigenvalue weighted by Gasteiger charge is 2.32. The van der Waals surface area contributed by atoms with Gasteiger partial charge in [0.2, 0.25) is 5.91 Å². The van der Waals surface area contributed by atoms with Gasteiger partial charge < -0.3 is 25.0 Å². The van der Waals surface area contributed by atoms with Gasteiger partial charge in [-0.2, -0.15) is 0 Å². The van der Waals surface area contributed by atoms with E-state index in [1.54, 1.807) is 16.2 Å². The van der Waals surface area contributed by atoms with E-state index >= 15 is 0 Å². The second kappa shape index (κ2) is 7.25. The molecule has 2 N–H and O–H groups in total. The molecule has 1 unspecified atom stereocenters. The highest BCUT2D eigenvalue weighted by Crippen LogP contribution is 2.35. The van der Waals surface area contributed by atoms with Crippen LogP contribution in [0.1, 0.15) is 11.3 Å². The number of hydrogen-bond acceptors (Lipinski definition) is 5. The third-order valence-electron chi connectivity index (χ3n) is 4.30.